The lowest BCUT2D eigenvalue weighted by molar-refractivity contribution is -0.135. The van der Waals surface area contributed by atoms with Crippen LogP contribution in [0.4, 0.5) is 0 Å². The molecule has 0 aromatic rings. The molecule has 0 spiro atoms. The second-order valence-electron chi connectivity index (χ2n) is 4.31. The zero-order valence-corrected chi connectivity index (χ0v) is 9.59. The summed E-state index contributed by atoms with van der Waals surface area (Å²) >= 11 is 0. The van der Waals surface area contributed by atoms with Crippen molar-refractivity contribution in [3.63, 3.8) is 0 Å². The van der Waals surface area contributed by atoms with Crippen molar-refractivity contribution in [1.82, 2.24) is 4.90 Å². The van der Waals surface area contributed by atoms with E-state index in [9.17, 15) is 4.79 Å². The average molecular weight is 197 g/mol. The van der Waals surface area contributed by atoms with Crippen LogP contribution in [0.2, 0.25) is 0 Å². The number of hydrogen-bond acceptors (Lipinski definition) is 1. The lowest BCUT2D eigenvalue weighted by Gasteiger charge is -2.23. The fourth-order valence-electron chi connectivity index (χ4n) is 2.29. The van der Waals surface area contributed by atoms with E-state index >= 15 is 0 Å². The summed E-state index contributed by atoms with van der Waals surface area (Å²) in [5, 5.41) is 0. The van der Waals surface area contributed by atoms with Crippen LogP contribution in [0.1, 0.15) is 52.4 Å². The minimum atomic E-state index is 0.328. The first-order valence-electron chi connectivity index (χ1n) is 6.08. The van der Waals surface area contributed by atoms with E-state index in [-0.39, 0.29) is 0 Å². The largest absolute Gasteiger partial charge is 0.342 e. The number of nitrogens with zero attached hydrogens (tertiary/aromatic N) is 1. The Kier molecular flexibility index (Phi) is 4.99. The van der Waals surface area contributed by atoms with Gasteiger partial charge in [0.05, 0.1) is 0 Å². The van der Waals surface area contributed by atoms with Gasteiger partial charge >= 0.3 is 0 Å². The second-order valence-corrected chi connectivity index (χ2v) is 4.31. The molecule has 0 aromatic heterocycles. The van der Waals surface area contributed by atoms with Gasteiger partial charge in [0.25, 0.3) is 0 Å². The van der Waals surface area contributed by atoms with Crippen LogP contribution in [0.15, 0.2) is 0 Å². The van der Waals surface area contributed by atoms with Crippen molar-refractivity contribution in [3.05, 3.63) is 0 Å². The Morgan fingerprint density at radius 1 is 1.29 bits per heavy atom. The standard InChI is InChI=1S/C12H23NO/c1-3-7-11-8-5-6-10-13(9-4-2)12(11)14/h11H,3-10H2,1-2H3. The second kappa shape index (κ2) is 6.05. The van der Waals surface area contributed by atoms with Crippen LogP contribution in [0.25, 0.3) is 0 Å². The normalized spacial score (nSPS) is 23.7. The summed E-state index contributed by atoms with van der Waals surface area (Å²) in [7, 11) is 0. The molecule has 1 aliphatic rings. The van der Waals surface area contributed by atoms with E-state index in [0.717, 1.165) is 38.8 Å². The van der Waals surface area contributed by atoms with Crippen LogP contribution in [-0.2, 0) is 4.79 Å². The zero-order valence-electron chi connectivity index (χ0n) is 9.59. The Bertz CT molecular complexity index is 161. The summed E-state index contributed by atoms with van der Waals surface area (Å²) in [5.41, 5.74) is 0. The number of likely N-dealkylation sites (tertiary alicyclic amines) is 1. The quantitative estimate of drug-likeness (QED) is 0.678. The van der Waals surface area contributed by atoms with Crippen molar-refractivity contribution in [2.24, 2.45) is 5.92 Å². The third kappa shape index (κ3) is 3.00. The van der Waals surface area contributed by atoms with E-state index in [2.05, 4.69) is 18.7 Å². The molecule has 0 aliphatic carbocycles. The van der Waals surface area contributed by atoms with Gasteiger partial charge in [-0.25, -0.2) is 0 Å². The number of hydrogen-bond donors (Lipinski definition) is 0. The van der Waals surface area contributed by atoms with Crippen LogP contribution < -0.4 is 0 Å². The summed E-state index contributed by atoms with van der Waals surface area (Å²) < 4.78 is 0. The first-order chi connectivity index (χ1) is 6.79. The Morgan fingerprint density at radius 2 is 2.07 bits per heavy atom. The number of carbonyl (C=O) groups excluding carboxylic acids is 1. The highest BCUT2D eigenvalue weighted by Crippen LogP contribution is 2.21. The van der Waals surface area contributed by atoms with Crippen LogP contribution in [0.5, 0.6) is 0 Å². The van der Waals surface area contributed by atoms with Gasteiger partial charge in [-0.05, 0) is 25.7 Å². The predicted molar refractivity (Wildman–Crippen MR) is 59.1 cm³/mol. The molecule has 1 rings (SSSR count). The van der Waals surface area contributed by atoms with Gasteiger partial charge in [0.2, 0.25) is 5.91 Å². The van der Waals surface area contributed by atoms with Crippen molar-refractivity contribution < 1.29 is 4.79 Å². The van der Waals surface area contributed by atoms with Gasteiger partial charge in [-0.3, -0.25) is 4.79 Å². The molecule has 14 heavy (non-hydrogen) atoms. The van der Waals surface area contributed by atoms with E-state index in [0.29, 0.717) is 11.8 Å². The summed E-state index contributed by atoms with van der Waals surface area (Å²) in [6, 6.07) is 0. The number of rotatable bonds is 4. The van der Waals surface area contributed by atoms with E-state index in [1.807, 2.05) is 0 Å². The summed E-state index contributed by atoms with van der Waals surface area (Å²) in [5.74, 6) is 0.750. The fourth-order valence-corrected chi connectivity index (χ4v) is 2.29. The maximum Gasteiger partial charge on any atom is 0.225 e. The molecule has 1 saturated heterocycles. The monoisotopic (exact) mass is 197 g/mol. The molecular weight excluding hydrogens is 174 g/mol. The molecule has 1 amide bonds. The molecule has 1 fully saturated rings. The fraction of sp³-hybridized carbons (Fsp3) is 0.917. The lowest BCUT2D eigenvalue weighted by Crippen LogP contribution is -2.35. The maximum atomic E-state index is 12.1. The molecule has 0 N–H and O–H groups in total. The predicted octanol–water partition coefficient (Wildman–Crippen LogP) is 2.83. The first kappa shape index (κ1) is 11.5. The SMILES string of the molecule is CCCC1CCCCN(CCC)C1=O. The van der Waals surface area contributed by atoms with Crippen molar-refractivity contribution in [2.45, 2.75) is 52.4 Å². The molecule has 2 nitrogen and oxygen atoms in total. The summed E-state index contributed by atoms with van der Waals surface area (Å²) in [6.07, 6.45) is 6.86. The third-order valence-corrected chi connectivity index (χ3v) is 3.02. The Hall–Kier alpha value is -0.530. The Labute approximate surface area is 87.7 Å². The Morgan fingerprint density at radius 3 is 2.71 bits per heavy atom. The highest BCUT2D eigenvalue weighted by atomic mass is 16.2. The van der Waals surface area contributed by atoms with Crippen LogP contribution in [0.3, 0.4) is 0 Å². The van der Waals surface area contributed by atoms with E-state index in [1.54, 1.807) is 0 Å². The van der Waals surface area contributed by atoms with Gasteiger partial charge < -0.3 is 4.90 Å². The van der Waals surface area contributed by atoms with E-state index < -0.39 is 0 Å². The Balaban J connectivity index is 2.54. The smallest absolute Gasteiger partial charge is 0.225 e. The third-order valence-electron chi connectivity index (χ3n) is 3.02. The van der Waals surface area contributed by atoms with Crippen molar-refractivity contribution in [3.8, 4) is 0 Å². The van der Waals surface area contributed by atoms with Crippen LogP contribution in [-0.4, -0.2) is 23.9 Å². The van der Waals surface area contributed by atoms with Crippen molar-refractivity contribution >= 4 is 5.91 Å². The van der Waals surface area contributed by atoms with Gasteiger partial charge in [0, 0.05) is 19.0 Å². The zero-order chi connectivity index (χ0) is 10.4. The molecule has 0 bridgehead atoms. The first-order valence-corrected chi connectivity index (χ1v) is 6.08. The molecule has 0 radical (unpaired) electrons. The lowest BCUT2D eigenvalue weighted by atomic mass is 9.97. The minimum absolute atomic E-state index is 0.328. The van der Waals surface area contributed by atoms with E-state index in [1.165, 1.54) is 12.8 Å². The molecule has 2 heteroatoms. The molecular formula is C12H23NO. The summed E-state index contributed by atoms with van der Waals surface area (Å²) in [6.45, 7) is 6.27. The molecule has 0 aromatic carbocycles. The average Bonchev–Trinajstić information content (AvgIpc) is 2.34. The molecule has 1 atom stereocenters. The molecule has 1 aliphatic heterocycles. The summed E-state index contributed by atoms with van der Waals surface area (Å²) in [4.78, 5) is 14.1. The minimum Gasteiger partial charge on any atom is -0.342 e. The van der Waals surface area contributed by atoms with Gasteiger partial charge in [0.15, 0.2) is 0 Å². The maximum absolute atomic E-state index is 12.1. The molecule has 0 saturated carbocycles. The highest BCUT2D eigenvalue weighted by Gasteiger charge is 2.25. The van der Waals surface area contributed by atoms with Gasteiger partial charge in [-0.2, -0.15) is 0 Å². The van der Waals surface area contributed by atoms with Crippen molar-refractivity contribution in [2.75, 3.05) is 13.1 Å². The topological polar surface area (TPSA) is 20.3 Å². The number of amides is 1. The van der Waals surface area contributed by atoms with Crippen molar-refractivity contribution in [1.29, 1.82) is 0 Å². The van der Waals surface area contributed by atoms with Crippen LogP contribution >= 0.6 is 0 Å². The van der Waals surface area contributed by atoms with Gasteiger partial charge in [-0.15, -0.1) is 0 Å². The van der Waals surface area contributed by atoms with Gasteiger partial charge in [-0.1, -0.05) is 26.7 Å². The van der Waals surface area contributed by atoms with Crippen LogP contribution in [0, 0.1) is 5.92 Å². The molecule has 82 valence electrons. The van der Waals surface area contributed by atoms with Gasteiger partial charge in [0.1, 0.15) is 0 Å². The highest BCUT2D eigenvalue weighted by molar-refractivity contribution is 5.79. The van der Waals surface area contributed by atoms with E-state index in [4.69, 9.17) is 0 Å². The molecule has 1 unspecified atom stereocenters. The molecule has 1 heterocycles. The number of carbonyl (C=O) groups is 1.